The lowest BCUT2D eigenvalue weighted by atomic mass is 10.0. The number of aromatic hydroxyl groups is 1. The molecule has 0 aliphatic carbocycles. The maximum atomic E-state index is 11.5. The van der Waals surface area contributed by atoms with Crippen LogP contribution in [-0.4, -0.2) is 49.8 Å². The van der Waals surface area contributed by atoms with Gasteiger partial charge in [0.1, 0.15) is 5.75 Å². The molecule has 0 radical (unpaired) electrons. The molecule has 1 saturated heterocycles. The Labute approximate surface area is 133 Å². The van der Waals surface area contributed by atoms with Crippen molar-refractivity contribution in [1.82, 2.24) is 9.62 Å². The molecule has 2 unspecified atom stereocenters. The minimum absolute atomic E-state index is 0.298. The third-order valence-corrected chi connectivity index (χ3v) is 5.54. The summed E-state index contributed by atoms with van der Waals surface area (Å²) in [6.45, 7) is 4.30. The van der Waals surface area contributed by atoms with Gasteiger partial charge in [-0.3, -0.25) is 0 Å². The molecule has 2 rings (SSSR count). The zero-order valence-corrected chi connectivity index (χ0v) is 14.1. The minimum atomic E-state index is -3.04. The van der Waals surface area contributed by atoms with E-state index in [1.54, 1.807) is 16.4 Å². The second-order valence-electron chi connectivity index (χ2n) is 6.29. The van der Waals surface area contributed by atoms with Crippen LogP contribution in [0, 0.1) is 5.92 Å². The van der Waals surface area contributed by atoms with E-state index >= 15 is 0 Å². The van der Waals surface area contributed by atoms with E-state index in [1.807, 2.05) is 12.1 Å². The Balaban J connectivity index is 1.68. The molecule has 1 fully saturated rings. The molecule has 0 saturated carbocycles. The predicted octanol–water partition coefficient (Wildman–Crippen LogP) is 1.58. The molecule has 1 aliphatic heterocycles. The van der Waals surface area contributed by atoms with Crippen LogP contribution in [0.25, 0.3) is 0 Å². The Bertz CT molecular complexity index is 572. The van der Waals surface area contributed by atoms with Gasteiger partial charge >= 0.3 is 0 Å². The SMILES string of the molecule is CC(CCc1ccc(O)cc1)NCC1CCN(S(C)(=O)=O)C1. The van der Waals surface area contributed by atoms with E-state index in [4.69, 9.17) is 0 Å². The van der Waals surface area contributed by atoms with Crippen LogP contribution in [-0.2, 0) is 16.4 Å². The largest absolute Gasteiger partial charge is 0.508 e. The van der Waals surface area contributed by atoms with Crippen LogP contribution in [0.2, 0.25) is 0 Å². The predicted molar refractivity (Wildman–Crippen MR) is 88.4 cm³/mol. The van der Waals surface area contributed by atoms with Crippen molar-refractivity contribution in [2.75, 3.05) is 25.9 Å². The normalized spacial score (nSPS) is 21.1. The molecule has 2 N–H and O–H groups in total. The highest BCUT2D eigenvalue weighted by atomic mass is 32.2. The van der Waals surface area contributed by atoms with E-state index in [0.29, 0.717) is 30.8 Å². The molecule has 6 heteroatoms. The number of sulfonamides is 1. The summed E-state index contributed by atoms with van der Waals surface area (Å²) in [6.07, 6.45) is 4.20. The lowest BCUT2D eigenvalue weighted by Gasteiger charge is -2.18. The number of phenolic OH excluding ortho intramolecular Hbond substituents is 1. The zero-order valence-electron chi connectivity index (χ0n) is 13.3. The molecule has 0 aromatic heterocycles. The number of rotatable bonds is 7. The zero-order chi connectivity index (χ0) is 16.2. The van der Waals surface area contributed by atoms with E-state index in [1.165, 1.54) is 11.8 Å². The molecule has 1 aliphatic rings. The van der Waals surface area contributed by atoms with Crippen molar-refractivity contribution in [2.45, 2.75) is 32.2 Å². The fourth-order valence-corrected chi connectivity index (χ4v) is 3.70. The standard InChI is InChI=1S/C16H26N2O3S/c1-13(3-4-14-5-7-16(19)8-6-14)17-11-15-9-10-18(12-15)22(2,20)21/h5-8,13,15,17,19H,3-4,9-12H2,1-2H3. The molecular weight excluding hydrogens is 300 g/mol. The summed E-state index contributed by atoms with van der Waals surface area (Å²) in [5.41, 5.74) is 1.22. The van der Waals surface area contributed by atoms with Crippen molar-refractivity contribution in [3.05, 3.63) is 29.8 Å². The smallest absolute Gasteiger partial charge is 0.211 e. The second kappa shape index (κ2) is 7.44. The average molecular weight is 326 g/mol. The molecule has 0 bridgehead atoms. The second-order valence-corrected chi connectivity index (χ2v) is 8.27. The van der Waals surface area contributed by atoms with Crippen LogP contribution in [0.4, 0.5) is 0 Å². The summed E-state index contributed by atoms with van der Waals surface area (Å²) in [5, 5.41) is 12.8. The van der Waals surface area contributed by atoms with Crippen molar-refractivity contribution in [3.8, 4) is 5.75 Å². The Morgan fingerprint density at radius 3 is 2.64 bits per heavy atom. The number of benzene rings is 1. The first kappa shape index (κ1) is 17.2. The lowest BCUT2D eigenvalue weighted by molar-refractivity contribution is 0.420. The van der Waals surface area contributed by atoms with E-state index < -0.39 is 10.0 Å². The first-order valence-electron chi connectivity index (χ1n) is 7.81. The summed E-state index contributed by atoms with van der Waals surface area (Å²) < 4.78 is 24.5. The lowest BCUT2D eigenvalue weighted by Crippen LogP contribution is -2.34. The quantitative estimate of drug-likeness (QED) is 0.798. The summed E-state index contributed by atoms with van der Waals surface area (Å²) in [5.74, 6) is 0.706. The van der Waals surface area contributed by atoms with E-state index in [0.717, 1.165) is 25.8 Å². The molecule has 124 valence electrons. The maximum Gasteiger partial charge on any atom is 0.211 e. The van der Waals surface area contributed by atoms with E-state index in [9.17, 15) is 13.5 Å². The average Bonchev–Trinajstić information content (AvgIpc) is 2.93. The molecule has 2 atom stereocenters. The number of nitrogens with one attached hydrogen (secondary N) is 1. The van der Waals surface area contributed by atoms with Crippen molar-refractivity contribution < 1.29 is 13.5 Å². The Hall–Kier alpha value is -1.11. The van der Waals surface area contributed by atoms with Gasteiger partial charge in [0.15, 0.2) is 0 Å². The number of nitrogens with zero attached hydrogens (tertiary/aromatic N) is 1. The van der Waals surface area contributed by atoms with Gasteiger partial charge in [0.25, 0.3) is 0 Å². The fraction of sp³-hybridized carbons (Fsp3) is 0.625. The van der Waals surface area contributed by atoms with Gasteiger partial charge in [0, 0.05) is 19.1 Å². The summed E-state index contributed by atoms with van der Waals surface area (Å²) in [6, 6.07) is 7.71. The summed E-state index contributed by atoms with van der Waals surface area (Å²) in [4.78, 5) is 0. The van der Waals surface area contributed by atoms with Crippen molar-refractivity contribution in [2.24, 2.45) is 5.92 Å². The van der Waals surface area contributed by atoms with E-state index in [-0.39, 0.29) is 0 Å². The molecule has 0 amide bonds. The molecule has 22 heavy (non-hydrogen) atoms. The van der Waals surface area contributed by atoms with E-state index in [2.05, 4.69) is 12.2 Å². The van der Waals surface area contributed by atoms with Gasteiger partial charge in [-0.2, -0.15) is 0 Å². The third-order valence-electron chi connectivity index (χ3n) is 4.27. The highest BCUT2D eigenvalue weighted by Gasteiger charge is 2.28. The Morgan fingerprint density at radius 1 is 1.36 bits per heavy atom. The van der Waals surface area contributed by atoms with Crippen molar-refractivity contribution >= 4 is 10.0 Å². The highest BCUT2D eigenvalue weighted by Crippen LogP contribution is 2.18. The van der Waals surface area contributed by atoms with Gasteiger partial charge in [0.05, 0.1) is 6.26 Å². The Kier molecular flexibility index (Phi) is 5.83. The van der Waals surface area contributed by atoms with Gasteiger partial charge in [-0.25, -0.2) is 12.7 Å². The fourth-order valence-electron chi connectivity index (χ4n) is 2.78. The third kappa shape index (κ3) is 5.26. The molecule has 0 spiro atoms. The minimum Gasteiger partial charge on any atom is -0.508 e. The van der Waals surface area contributed by atoms with Gasteiger partial charge in [0.2, 0.25) is 10.0 Å². The first-order chi connectivity index (χ1) is 10.3. The van der Waals surface area contributed by atoms with Crippen LogP contribution in [0.5, 0.6) is 5.75 Å². The summed E-state index contributed by atoms with van der Waals surface area (Å²) >= 11 is 0. The van der Waals surface area contributed by atoms with Crippen molar-refractivity contribution in [1.29, 1.82) is 0 Å². The molecule has 1 heterocycles. The molecular formula is C16H26N2O3S. The van der Waals surface area contributed by atoms with Crippen LogP contribution >= 0.6 is 0 Å². The van der Waals surface area contributed by atoms with Gasteiger partial charge in [-0.15, -0.1) is 0 Å². The van der Waals surface area contributed by atoms with Gasteiger partial charge < -0.3 is 10.4 Å². The topological polar surface area (TPSA) is 69.6 Å². The van der Waals surface area contributed by atoms with Crippen LogP contribution in [0.15, 0.2) is 24.3 Å². The Morgan fingerprint density at radius 2 is 2.05 bits per heavy atom. The van der Waals surface area contributed by atoms with Gasteiger partial charge in [-0.1, -0.05) is 12.1 Å². The monoisotopic (exact) mass is 326 g/mol. The van der Waals surface area contributed by atoms with Gasteiger partial charge in [-0.05, 0) is 56.3 Å². The van der Waals surface area contributed by atoms with Crippen molar-refractivity contribution in [3.63, 3.8) is 0 Å². The number of phenols is 1. The molecule has 1 aromatic rings. The number of hydrogen-bond acceptors (Lipinski definition) is 4. The molecule has 5 nitrogen and oxygen atoms in total. The number of hydrogen-bond donors (Lipinski definition) is 2. The first-order valence-corrected chi connectivity index (χ1v) is 9.66. The van der Waals surface area contributed by atoms with Crippen LogP contribution < -0.4 is 5.32 Å². The van der Waals surface area contributed by atoms with Crippen LogP contribution in [0.1, 0.15) is 25.3 Å². The molecule has 1 aromatic carbocycles. The number of aryl methyl sites for hydroxylation is 1. The van der Waals surface area contributed by atoms with Crippen LogP contribution in [0.3, 0.4) is 0 Å². The summed E-state index contributed by atoms with van der Waals surface area (Å²) in [7, 11) is -3.04. The highest BCUT2D eigenvalue weighted by molar-refractivity contribution is 7.88. The maximum absolute atomic E-state index is 11.5.